The number of hydrogen-bond acceptors (Lipinski definition) is 1. The van der Waals surface area contributed by atoms with Crippen LogP contribution in [-0.2, 0) is 0 Å². The molecule has 0 aromatic rings. The third-order valence-corrected chi connectivity index (χ3v) is 0.815. The average Bonchev–Trinajstić information content (AvgIpc) is 1.35. The molecular weight excluding hydrogens is 203 g/mol. The van der Waals surface area contributed by atoms with Crippen LogP contribution in [0.2, 0.25) is 0 Å². The number of nitrogens with zero attached hydrogens (tertiary/aromatic N) is 1. The summed E-state index contributed by atoms with van der Waals surface area (Å²) in [4.78, 5) is 0. The van der Waals surface area contributed by atoms with Crippen LogP contribution < -0.4 is 29.8 Å². The Bertz CT molecular complexity index is 39.4. The molecule has 2 N–H and O–H groups in total. The van der Waals surface area contributed by atoms with Gasteiger partial charge in [-0.15, -0.1) is 0 Å². The highest BCUT2D eigenvalue weighted by molar-refractivity contribution is 4.03. The molecule has 2 nitrogen and oxygen atoms in total. The highest BCUT2D eigenvalue weighted by Crippen LogP contribution is 1.77. The molecule has 0 aromatic carbocycles. The molecule has 0 rings (SSSR count). The summed E-state index contributed by atoms with van der Waals surface area (Å²) in [5.74, 6) is 5.47. The van der Waals surface area contributed by atoms with E-state index in [1.807, 2.05) is 14.1 Å². The molecule has 0 spiro atoms. The van der Waals surface area contributed by atoms with Gasteiger partial charge in [-0.05, 0) is 6.92 Å². The number of hydrogen-bond donors (Lipinski definition) is 1. The molecule has 0 aliphatic rings. The van der Waals surface area contributed by atoms with Gasteiger partial charge in [-0.3, -0.25) is 4.59 Å². The second-order valence-corrected chi connectivity index (χ2v) is 2.09. The van der Waals surface area contributed by atoms with Gasteiger partial charge in [-0.25, -0.2) is 0 Å². The quantitative estimate of drug-likeness (QED) is 0.214. The number of nitrogens with two attached hydrogens (primary N) is 1. The summed E-state index contributed by atoms with van der Waals surface area (Å²) in [5.41, 5.74) is 0. The Kier molecular flexibility index (Phi) is 5.49. The van der Waals surface area contributed by atoms with Crippen LogP contribution >= 0.6 is 0 Å². The SMILES string of the molecule is CC[N+](C)(C)N.[I-]. The van der Waals surface area contributed by atoms with Crippen LogP contribution in [0.1, 0.15) is 6.92 Å². The van der Waals surface area contributed by atoms with Gasteiger partial charge in [-0.2, -0.15) is 5.84 Å². The van der Waals surface area contributed by atoms with E-state index in [-0.39, 0.29) is 24.0 Å². The van der Waals surface area contributed by atoms with E-state index in [2.05, 4.69) is 6.92 Å². The zero-order valence-electron chi connectivity index (χ0n) is 5.11. The lowest BCUT2D eigenvalue weighted by Gasteiger charge is -2.18. The standard InChI is InChI=1S/C4H13N2.HI/c1-4-6(2,3)5;/h4-5H2,1-3H3;1H/q+1;/p-1. The molecule has 0 radical (unpaired) electrons. The molecule has 0 atom stereocenters. The first-order valence-corrected chi connectivity index (χ1v) is 2.18. The minimum absolute atomic E-state index is 0. The molecule has 0 saturated carbocycles. The van der Waals surface area contributed by atoms with E-state index in [0.717, 1.165) is 6.54 Å². The van der Waals surface area contributed by atoms with Crippen molar-refractivity contribution in [2.45, 2.75) is 6.92 Å². The molecule has 0 fully saturated rings. The summed E-state index contributed by atoms with van der Waals surface area (Å²) in [6.45, 7) is 3.04. The summed E-state index contributed by atoms with van der Waals surface area (Å²) in [6.07, 6.45) is 0. The topological polar surface area (TPSA) is 26.0 Å². The largest absolute Gasteiger partial charge is 1.00 e. The zero-order valence-corrected chi connectivity index (χ0v) is 7.27. The molecule has 0 aromatic heterocycles. The Labute approximate surface area is 62.3 Å². The van der Waals surface area contributed by atoms with Gasteiger partial charge in [0.15, 0.2) is 0 Å². The van der Waals surface area contributed by atoms with Crippen LogP contribution in [0.25, 0.3) is 0 Å². The van der Waals surface area contributed by atoms with Crippen LogP contribution in [0.4, 0.5) is 0 Å². The first-order chi connectivity index (χ1) is 2.56. The summed E-state index contributed by atoms with van der Waals surface area (Å²) in [5, 5.41) is 0. The predicted octanol–water partition coefficient (Wildman–Crippen LogP) is -3.04. The third kappa shape index (κ3) is 10.8. The normalized spacial score (nSPS) is 10.3. The lowest BCUT2D eigenvalue weighted by Crippen LogP contribution is -3.00. The maximum absolute atomic E-state index is 5.47. The Morgan fingerprint density at radius 3 is 1.57 bits per heavy atom. The maximum Gasteiger partial charge on any atom is 0.0927 e. The number of rotatable bonds is 1. The van der Waals surface area contributed by atoms with Crippen molar-refractivity contribution in [3.05, 3.63) is 0 Å². The fourth-order valence-electron chi connectivity index (χ4n) is 0. The monoisotopic (exact) mass is 216 g/mol. The number of quaternary nitrogens is 1. The second-order valence-electron chi connectivity index (χ2n) is 2.09. The molecule has 7 heavy (non-hydrogen) atoms. The highest BCUT2D eigenvalue weighted by atomic mass is 127. The van der Waals surface area contributed by atoms with Gasteiger partial charge >= 0.3 is 0 Å². The molecule has 0 aliphatic heterocycles. The smallest absolute Gasteiger partial charge is 0.0927 e. The Morgan fingerprint density at radius 1 is 1.43 bits per heavy atom. The van der Waals surface area contributed by atoms with Crippen molar-refractivity contribution in [1.29, 1.82) is 0 Å². The van der Waals surface area contributed by atoms with Crippen molar-refractivity contribution in [1.82, 2.24) is 0 Å². The second kappa shape index (κ2) is 3.63. The molecular formula is C4H13IN2. The van der Waals surface area contributed by atoms with E-state index in [0.29, 0.717) is 4.59 Å². The minimum atomic E-state index is 0. The fourth-order valence-corrected chi connectivity index (χ4v) is 0. The third-order valence-electron chi connectivity index (χ3n) is 0.815. The van der Waals surface area contributed by atoms with Crippen molar-refractivity contribution >= 4 is 0 Å². The van der Waals surface area contributed by atoms with E-state index in [9.17, 15) is 0 Å². The van der Waals surface area contributed by atoms with Gasteiger partial charge in [-0.1, -0.05) is 0 Å². The number of halogens is 1. The van der Waals surface area contributed by atoms with E-state index in [1.165, 1.54) is 0 Å². The maximum atomic E-state index is 5.47. The first-order valence-electron chi connectivity index (χ1n) is 2.18. The van der Waals surface area contributed by atoms with E-state index >= 15 is 0 Å². The van der Waals surface area contributed by atoms with Gasteiger partial charge in [0, 0.05) is 0 Å². The molecule has 3 heteroatoms. The summed E-state index contributed by atoms with van der Waals surface area (Å²) >= 11 is 0. The Balaban J connectivity index is 0. The van der Waals surface area contributed by atoms with Crippen molar-refractivity contribution in [3.8, 4) is 0 Å². The van der Waals surface area contributed by atoms with Crippen molar-refractivity contribution in [3.63, 3.8) is 0 Å². The van der Waals surface area contributed by atoms with Crippen LogP contribution in [0, 0.1) is 0 Å². The van der Waals surface area contributed by atoms with Crippen LogP contribution in [0.15, 0.2) is 0 Å². The average molecular weight is 216 g/mol. The molecule has 46 valence electrons. The summed E-state index contributed by atoms with van der Waals surface area (Å²) < 4.78 is 0.569. The first kappa shape index (κ1) is 10.6. The van der Waals surface area contributed by atoms with E-state index in [1.54, 1.807) is 0 Å². The molecule has 0 aliphatic carbocycles. The Hall–Kier alpha value is 0.650. The van der Waals surface area contributed by atoms with Crippen LogP contribution in [0.5, 0.6) is 0 Å². The van der Waals surface area contributed by atoms with Gasteiger partial charge in [0.05, 0.1) is 20.6 Å². The Morgan fingerprint density at radius 2 is 1.57 bits per heavy atom. The van der Waals surface area contributed by atoms with Crippen LogP contribution in [-0.4, -0.2) is 25.2 Å². The predicted molar refractivity (Wildman–Crippen MR) is 26.8 cm³/mol. The molecule has 0 saturated heterocycles. The highest BCUT2D eigenvalue weighted by Gasteiger charge is 1.99. The van der Waals surface area contributed by atoms with Crippen molar-refractivity contribution < 1.29 is 28.6 Å². The van der Waals surface area contributed by atoms with Crippen molar-refractivity contribution in [2.24, 2.45) is 5.84 Å². The lowest BCUT2D eigenvalue weighted by molar-refractivity contribution is -0.900. The van der Waals surface area contributed by atoms with Gasteiger partial charge in [0.1, 0.15) is 0 Å². The van der Waals surface area contributed by atoms with Crippen molar-refractivity contribution in [2.75, 3.05) is 20.6 Å². The van der Waals surface area contributed by atoms with Crippen LogP contribution in [0.3, 0.4) is 0 Å². The minimum Gasteiger partial charge on any atom is -1.00 e. The molecule has 0 unspecified atom stereocenters. The molecule has 0 bridgehead atoms. The van der Waals surface area contributed by atoms with Gasteiger partial charge in [0.25, 0.3) is 0 Å². The summed E-state index contributed by atoms with van der Waals surface area (Å²) in [7, 11) is 3.92. The fraction of sp³-hybridized carbons (Fsp3) is 1.00. The van der Waals surface area contributed by atoms with Gasteiger partial charge in [0.2, 0.25) is 0 Å². The lowest BCUT2D eigenvalue weighted by atomic mass is 10.6. The zero-order chi connectivity index (χ0) is 5.21. The van der Waals surface area contributed by atoms with Gasteiger partial charge < -0.3 is 24.0 Å². The molecule has 0 heterocycles. The molecule has 0 amide bonds. The van der Waals surface area contributed by atoms with E-state index < -0.39 is 0 Å². The summed E-state index contributed by atoms with van der Waals surface area (Å²) in [6, 6.07) is 0. The van der Waals surface area contributed by atoms with E-state index in [4.69, 9.17) is 5.84 Å².